The quantitative estimate of drug-likeness (QED) is 0.455. The smallest absolute Gasteiger partial charge is 0.309 e. The molecule has 2 saturated heterocycles. The molecule has 4 aliphatic carbocycles. The van der Waals surface area contributed by atoms with E-state index in [9.17, 15) is 19.6 Å². The molecule has 172 valence electrons. The molecule has 0 radical (unpaired) electrons. The monoisotopic (exact) mass is 441 g/mol. The summed E-state index contributed by atoms with van der Waals surface area (Å²) >= 11 is 0. The number of Topliss-reactive ketones (excluding diaryl/α,β-unsaturated/α-hetero) is 1. The number of nitriles is 1. The minimum atomic E-state index is -0.920. The lowest BCUT2D eigenvalue weighted by atomic mass is 9.37. The molecule has 0 aromatic heterocycles. The van der Waals surface area contributed by atoms with Crippen molar-refractivity contribution < 1.29 is 28.6 Å². The Morgan fingerprint density at radius 1 is 1.16 bits per heavy atom. The molecule has 6 fully saturated rings. The molecular weight excluding hydrogens is 410 g/mol. The van der Waals surface area contributed by atoms with Crippen LogP contribution in [-0.2, 0) is 28.6 Å². The predicted octanol–water partition coefficient (Wildman–Crippen LogP) is 3.10. The van der Waals surface area contributed by atoms with Gasteiger partial charge in [0.2, 0.25) is 0 Å². The maximum absolute atomic E-state index is 13.2. The lowest BCUT2D eigenvalue weighted by Crippen LogP contribution is -2.68. The topological polar surface area (TPSA) is 106 Å². The number of hydrogen-bond acceptors (Lipinski definition) is 7. The highest BCUT2D eigenvalue weighted by atomic mass is 16.6. The molecule has 2 spiro atoms. The summed E-state index contributed by atoms with van der Waals surface area (Å²) < 4.78 is 17.9. The summed E-state index contributed by atoms with van der Waals surface area (Å²) in [6.07, 6.45) is 5.10. The fraction of sp³-hybridized carbons (Fsp3) is 0.840. The largest absolute Gasteiger partial charge is 0.469 e. The number of carbonyl (C=O) groups excluding carboxylic acids is 3. The van der Waals surface area contributed by atoms with Crippen LogP contribution in [0, 0.1) is 45.3 Å². The number of epoxide rings is 1. The summed E-state index contributed by atoms with van der Waals surface area (Å²) in [6, 6.07) is 2.53. The van der Waals surface area contributed by atoms with Gasteiger partial charge in [-0.05, 0) is 44.4 Å². The van der Waals surface area contributed by atoms with Crippen molar-refractivity contribution >= 4 is 17.7 Å². The van der Waals surface area contributed by atoms with Gasteiger partial charge in [-0.15, -0.1) is 0 Å². The van der Waals surface area contributed by atoms with E-state index in [4.69, 9.17) is 14.2 Å². The Bertz CT molecular complexity index is 987. The number of esters is 2. The Kier molecular flexibility index (Phi) is 3.83. The standard InChI is InChI=1S/C25H31NO6/c1-21-12-17-25(31-17)19(16(21)5-8-24(21)9-6-18(28)32-24)15(20(29)30-3)11-23(13-26)10-14(27)4-7-22(23,25)2/h15-17,19H,4-12H2,1-3H3/t15-,16?,17-,19?,21+,22+,23+,24-,25?/m1/s1. The Labute approximate surface area is 188 Å². The number of ether oxygens (including phenoxy) is 3. The van der Waals surface area contributed by atoms with E-state index in [1.807, 2.05) is 0 Å². The van der Waals surface area contributed by atoms with Gasteiger partial charge in [-0.3, -0.25) is 14.4 Å². The SMILES string of the molecule is COC(=O)[C@@H]1C[C@]2(C#N)CC(=O)CC[C@]2(C)C23O[C@@H]2C[C@@]2(C)C(CC[C@@]24CCC(=O)O4)C13. The van der Waals surface area contributed by atoms with Crippen LogP contribution in [0.5, 0.6) is 0 Å². The summed E-state index contributed by atoms with van der Waals surface area (Å²) in [5, 5.41) is 10.4. The zero-order valence-corrected chi connectivity index (χ0v) is 19.1. The summed E-state index contributed by atoms with van der Waals surface area (Å²) in [5.74, 6) is -0.806. The third-order valence-electron chi connectivity index (χ3n) is 11.1. The molecule has 0 aromatic carbocycles. The van der Waals surface area contributed by atoms with Crippen molar-refractivity contribution in [1.82, 2.24) is 0 Å². The number of carbonyl (C=O) groups is 3. The Balaban J connectivity index is 1.51. The van der Waals surface area contributed by atoms with Crippen molar-refractivity contribution in [3.63, 3.8) is 0 Å². The molecule has 0 N–H and O–H groups in total. The van der Waals surface area contributed by atoms with Gasteiger partial charge in [-0.2, -0.15) is 5.26 Å². The molecule has 0 amide bonds. The van der Waals surface area contributed by atoms with Crippen molar-refractivity contribution in [2.75, 3.05) is 7.11 Å². The lowest BCUT2D eigenvalue weighted by molar-refractivity contribution is -0.193. The minimum absolute atomic E-state index is 0.0954. The molecular formula is C25H31NO6. The van der Waals surface area contributed by atoms with Gasteiger partial charge in [-0.1, -0.05) is 13.8 Å². The van der Waals surface area contributed by atoms with E-state index >= 15 is 0 Å². The molecule has 7 nitrogen and oxygen atoms in total. The first kappa shape index (κ1) is 20.7. The van der Waals surface area contributed by atoms with Crippen LogP contribution in [0.4, 0.5) is 0 Å². The van der Waals surface area contributed by atoms with Gasteiger partial charge in [0.05, 0.1) is 30.6 Å². The summed E-state index contributed by atoms with van der Waals surface area (Å²) in [5.41, 5.74) is -2.77. The molecule has 2 heterocycles. The number of fused-ring (bicyclic) bond motifs is 4. The zero-order valence-electron chi connectivity index (χ0n) is 19.1. The average molecular weight is 442 g/mol. The van der Waals surface area contributed by atoms with Crippen LogP contribution < -0.4 is 0 Å². The second-order valence-electron chi connectivity index (χ2n) is 11.7. The van der Waals surface area contributed by atoms with E-state index in [1.165, 1.54) is 7.11 Å². The Morgan fingerprint density at radius 3 is 2.59 bits per heavy atom. The van der Waals surface area contributed by atoms with Crippen LogP contribution in [0.15, 0.2) is 0 Å². The number of rotatable bonds is 1. The maximum Gasteiger partial charge on any atom is 0.309 e. The first-order chi connectivity index (χ1) is 15.1. The second-order valence-corrected chi connectivity index (χ2v) is 11.7. The molecule has 3 unspecified atom stereocenters. The highest BCUT2D eigenvalue weighted by Gasteiger charge is 2.86. The lowest BCUT2D eigenvalue weighted by Gasteiger charge is -2.63. The van der Waals surface area contributed by atoms with Crippen LogP contribution in [0.3, 0.4) is 0 Å². The van der Waals surface area contributed by atoms with Crippen LogP contribution >= 0.6 is 0 Å². The second kappa shape index (κ2) is 5.94. The van der Waals surface area contributed by atoms with Crippen LogP contribution in [0.2, 0.25) is 0 Å². The van der Waals surface area contributed by atoms with E-state index in [0.29, 0.717) is 25.7 Å². The maximum atomic E-state index is 13.2. The molecule has 9 atom stereocenters. The molecule has 2 aliphatic heterocycles. The molecule has 0 aromatic rings. The van der Waals surface area contributed by atoms with E-state index in [2.05, 4.69) is 19.9 Å². The van der Waals surface area contributed by atoms with Crippen molar-refractivity contribution in [1.29, 1.82) is 5.26 Å². The van der Waals surface area contributed by atoms with Gasteiger partial charge < -0.3 is 14.2 Å². The van der Waals surface area contributed by atoms with Gasteiger partial charge >= 0.3 is 11.9 Å². The number of hydrogen-bond donors (Lipinski definition) is 0. The van der Waals surface area contributed by atoms with E-state index in [-0.39, 0.29) is 47.5 Å². The fourth-order valence-corrected chi connectivity index (χ4v) is 9.46. The molecule has 0 bridgehead atoms. The third kappa shape index (κ3) is 2.01. The van der Waals surface area contributed by atoms with Gasteiger partial charge in [0.25, 0.3) is 0 Å². The van der Waals surface area contributed by atoms with Crippen molar-refractivity contribution in [3.8, 4) is 6.07 Å². The van der Waals surface area contributed by atoms with Gasteiger partial charge in [0.15, 0.2) is 0 Å². The van der Waals surface area contributed by atoms with Crippen molar-refractivity contribution in [3.05, 3.63) is 0 Å². The summed E-state index contributed by atoms with van der Waals surface area (Å²) in [7, 11) is 1.40. The normalized spacial score (nSPS) is 55.2. The molecule has 6 aliphatic rings. The Hall–Kier alpha value is -1.94. The highest BCUT2D eigenvalue weighted by Crippen LogP contribution is 2.80. The number of nitrogens with zero attached hydrogens (tertiary/aromatic N) is 1. The zero-order chi connectivity index (χ0) is 22.7. The van der Waals surface area contributed by atoms with Crippen molar-refractivity contribution in [2.45, 2.75) is 88.9 Å². The van der Waals surface area contributed by atoms with Crippen LogP contribution in [-0.4, -0.2) is 42.1 Å². The van der Waals surface area contributed by atoms with Gasteiger partial charge in [0, 0.05) is 36.0 Å². The molecule has 6 rings (SSSR count). The Morgan fingerprint density at radius 2 is 1.94 bits per heavy atom. The van der Waals surface area contributed by atoms with E-state index in [0.717, 1.165) is 25.7 Å². The highest BCUT2D eigenvalue weighted by molar-refractivity contribution is 5.82. The first-order valence-corrected chi connectivity index (χ1v) is 12.0. The fourth-order valence-electron chi connectivity index (χ4n) is 9.46. The third-order valence-corrected chi connectivity index (χ3v) is 11.1. The first-order valence-electron chi connectivity index (χ1n) is 12.0. The number of methoxy groups -OCH3 is 1. The van der Waals surface area contributed by atoms with E-state index in [1.54, 1.807) is 0 Å². The predicted molar refractivity (Wildman–Crippen MR) is 110 cm³/mol. The van der Waals surface area contributed by atoms with Crippen LogP contribution in [0.1, 0.15) is 71.6 Å². The minimum Gasteiger partial charge on any atom is -0.469 e. The average Bonchev–Trinajstić information content (AvgIpc) is 3.25. The molecule has 7 heteroatoms. The van der Waals surface area contributed by atoms with Crippen molar-refractivity contribution in [2.24, 2.45) is 34.0 Å². The van der Waals surface area contributed by atoms with E-state index < -0.39 is 27.9 Å². The van der Waals surface area contributed by atoms with Gasteiger partial charge in [0.1, 0.15) is 17.0 Å². The summed E-state index contributed by atoms with van der Waals surface area (Å²) in [4.78, 5) is 37.9. The molecule has 32 heavy (non-hydrogen) atoms. The summed E-state index contributed by atoms with van der Waals surface area (Å²) in [6.45, 7) is 4.36. The number of ketones is 1. The van der Waals surface area contributed by atoms with Gasteiger partial charge in [-0.25, -0.2) is 0 Å². The van der Waals surface area contributed by atoms with Crippen LogP contribution in [0.25, 0.3) is 0 Å². The molecule has 4 saturated carbocycles.